The van der Waals surface area contributed by atoms with Crippen molar-refractivity contribution in [3.05, 3.63) is 0 Å². The van der Waals surface area contributed by atoms with E-state index in [2.05, 4.69) is 37.4 Å². The first-order chi connectivity index (χ1) is 7.14. The zero-order valence-corrected chi connectivity index (χ0v) is 11.5. The van der Waals surface area contributed by atoms with Crippen molar-refractivity contribution in [3.8, 4) is 0 Å². The van der Waals surface area contributed by atoms with E-state index in [9.17, 15) is 0 Å². The lowest BCUT2D eigenvalue weighted by Crippen LogP contribution is -2.35. The highest BCUT2D eigenvalue weighted by molar-refractivity contribution is 7.99. The van der Waals surface area contributed by atoms with Gasteiger partial charge in [-0.25, -0.2) is 0 Å². The Morgan fingerprint density at radius 3 is 2.40 bits per heavy atom. The molecule has 0 atom stereocenters. The van der Waals surface area contributed by atoms with Crippen LogP contribution in [0.25, 0.3) is 0 Å². The van der Waals surface area contributed by atoms with Crippen LogP contribution < -0.4 is 0 Å². The molecule has 0 amide bonds. The van der Waals surface area contributed by atoms with Crippen LogP contribution >= 0.6 is 11.8 Å². The minimum atomic E-state index is 0.556. The Morgan fingerprint density at radius 1 is 1.13 bits per heavy atom. The fourth-order valence-electron chi connectivity index (χ4n) is 2.07. The van der Waals surface area contributed by atoms with Gasteiger partial charge in [-0.05, 0) is 24.8 Å². The molecule has 0 bridgehead atoms. The normalized spacial score (nSPS) is 19.4. The molecule has 2 heteroatoms. The van der Waals surface area contributed by atoms with Crippen LogP contribution in [0.15, 0.2) is 0 Å². The molecule has 0 N–H and O–H groups in total. The lowest BCUT2D eigenvalue weighted by Gasteiger charge is -2.31. The fourth-order valence-corrected chi connectivity index (χ4v) is 3.04. The molecule has 0 unspecified atom stereocenters. The molecule has 0 spiro atoms. The molecule has 1 aliphatic rings. The van der Waals surface area contributed by atoms with Crippen LogP contribution in [0.2, 0.25) is 0 Å². The minimum Gasteiger partial charge on any atom is -0.302 e. The van der Waals surface area contributed by atoms with Crippen LogP contribution in [0, 0.1) is 5.41 Å². The smallest absolute Gasteiger partial charge is 0.00727 e. The van der Waals surface area contributed by atoms with Gasteiger partial charge in [0.2, 0.25) is 0 Å². The molecule has 1 rings (SSSR count). The number of hydrogen-bond acceptors (Lipinski definition) is 2. The second kappa shape index (κ2) is 6.80. The fraction of sp³-hybridized carbons (Fsp3) is 1.00. The van der Waals surface area contributed by atoms with Crippen molar-refractivity contribution in [2.45, 2.75) is 46.5 Å². The van der Waals surface area contributed by atoms with E-state index in [0.717, 1.165) is 0 Å². The second-order valence-corrected chi connectivity index (χ2v) is 6.70. The summed E-state index contributed by atoms with van der Waals surface area (Å²) >= 11 is 2.10. The van der Waals surface area contributed by atoms with Gasteiger partial charge in [-0.15, -0.1) is 0 Å². The highest BCUT2D eigenvalue weighted by Gasteiger charge is 2.19. The van der Waals surface area contributed by atoms with Crippen molar-refractivity contribution < 1.29 is 0 Å². The maximum absolute atomic E-state index is 2.64. The molecule has 1 saturated heterocycles. The molecule has 1 nitrogen and oxygen atoms in total. The van der Waals surface area contributed by atoms with E-state index in [1.807, 2.05) is 0 Å². The highest BCUT2D eigenvalue weighted by Crippen LogP contribution is 2.28. The van der Waals surface area contributed by atoms with Crippen molar-refractivity contribution in [3.63, 3.8) is 0 Å². The zero-order valence-electron chi connectivity index (χ0n) is 10.7. The Balaban J connectivity index is 2.15. The Bertz CT molecular complexity index is 162. The molecular weight excluding hydrogens is 202 g/mol. The first kappa shape index (κ1) is 13.4. The van der Waals surface area contributed by atoms with Crippen molar-refractivity contribution in [2.75, 3.05) is 31.1 Å². The van der Waals surface area contributed by atoms with Crippen LogP contribution in [0.1, 0.15) is 46.5 Å². The SMILES string of the molecule is CCCCC(C)(C)CCN1CCSCC1. The molecule has 15 heavy (non-hydrogen) atoms. The monoisotopic (exact) mass is 229 g/mol. The van der Waals surface area contributed by atoms with Crippen LogP contribution in [-0.4, -0.2) is 36.0 Å². The number of hydrogen-bond donors (Lipinski definition) is 0. The molecule has 0 aromatic rings. The lowest BCUT2D eigenvalue weighted by atomic mass is 9.84. The van der Waals surface area contributed by atoms with Gasteiger partial charge < -0.3 is 4.90 Å². The lowest BCUT2D eigenvalue weighted by molar-refractivity contribution is 0.218. The molecule has 0 aromatic carbocycles. The van der Waals surface area contributed by atoms with E-state index in [4.69, 9.17) is 0 Å². The van der Waals surface area contributed by atoms with E-state index in [-0.39, 0.29) is 0 Å². The van der Waals surface area contributed by atoms with Gasteiger partial charge in [0, 0.05) is 24.6 Å². The third-order valence-electron chi connectivity index (χ3n) is 3.42. The summed E-state index contributed by atoms with van der Waals surface area (Å²) < 4.78 is 0. The van der Waals surface area contributed by atoms with Crippen LogP contribution in [0.5, 0.6) is 0 Å². The predicted molar refractivity (Wildman–Crippen MR) is 71.7 cm³/mol. The molecule has 1 heterocycles. The van der Waals surface area contributed by atoms with E-state index in [1.165, 1.54) is 56.8 Å². The molecule has 1 aliphatic heterocycles. The van der Waals surface area contributed by atoms with E-state index >= 15 is 0 Å². The van der Waals surface area contributed by atoms with E-state index < -0.39 is 0 Å². The molecule has 0 aromatic heterocycles. The van der Waals surface area contributed by atoms with Crippen molar-refractivity contribution in [1.29, 1.82) is 0 Å². The zero-order chi connectivity index (χ0) is 11.1. The average molecular weight is 229 g/mol. The van der Waals surface area contributed by atoms with Crippen LogP contribution in [-0.2, 0) is 0 Å². The number of unbranched alkanes of at least 4 members (excludes halogenated alkanes) is 1. The average Bonchev–Trinajstić information content (AvgIpc) is 2.25. The Labute approximate surface area is 100.0 Å². The molecule has 90 valence electrons. The maximum Gasteiger partial charge on any atom is 0.00727 e. The van der Waals surface area contributed by atoms with Gasteiger partial charge in [-0.1, -0.05) is 33.6 Å². The Morgan fingerprint density at radius 2 is 1.80 bits per heavy atom. The third-order valence-corrected chi connectivity index (χ3v) is 4.36. The molecule has 1 fully saturated rings. The maximum atomic E-state index is 2.64. The number of rotatable bonds is 6. The molecule has 0 radical (unpaired) electrons. The molecule has 0 saturated carbocycles. The van der Waals surface area contributed by atoms with E-state index in [0.29, 0.717) is 5.41 Å². The van der Waals surface area contributed by atoms with Gasteiger partial charge >= 0.3 is 0 Å². The summed E-state index contributed by atoms with van der Waals surface area (Å²) in [7, 11) is 0. The summed E-state index contributed by atoms with van der Waals surface area (Å²) in [5.41, 5.74) is 0.556. The van der Waals surface area contributed by atoms with Gasteiger partial charge in [-0.2, -0.15) is 11.8 Å². The summed E-state index contributed by atoms with van der Waals surface area (Å²) in [4.78, 5) is 2.64. The summed E-state index contributed by atoms with van der Waals surface area (Å²) in [6, 6.07) is 0. The number of thioether (sulfide) groups is 1. The quantitative estimate of drug-likeness (QED) is 0.684. The summed E-state index contributed by atoms with van der Waals surface area (Å²) in [6.45, 7) is 11.1. The van der Waals surface area contributed by atoms with Gasteiger partial charge in [0.15, 0.2) is 0 Å². The summed E-state index contributed by atoms with van der Waals surface area (Å²) in [5, 5.41) is 0. The Kier molecular flexibility index (Phi) is 6.06. The summed E-state index contributed by atoms with van der Waals surface area (Å²) in [5.74, 6) is 2.69. The summed E-state index contributed by atoms with van der Waals surface area (Å²) in [6.07, 6.45) is 5.50. The number of nitrogens with zero attached hydrogens (tertiary/aromatic N) is 1. The van der Waals surface area contributed by atoms with Gasteiger partial charge in [-0.3, -0.25) is 0 Å². The van der Waals surface area contributed by atoms with Crippen molar-refractivity contribution in [1.82, 2.24) is 4.90 Å². The van der Waals surface area contributed by atoms with Crippen molar-refractivity contribution in [2.24, 2.45) is 5.41 Å². The highest BCUT2D eigenvalue weighted by atomic mass is 32.2. The van der Waals surface area contributed by atoms with Gasteiger partial charge in [0.25, 0.3) is 0 Å². The largest absolute Gasteiger partial charge is 0.302 e. The standard InChI is InChI=1S/C13H27NS/c1-4-5-6-13(2,3)7-8-14-9-11-15-12-10-14/h4-12H2,1-3H3. The Hall–Kier alpha value is 0.310. The van der Waals surface area contributed by atoms with Gasteiger partial charge in [0.05, 0.1) is 0 Å². The van der Waals surface area contributed by atoms with E-state index in [1.54, 1.807) is 0 Å². The first-order valence-electron chi connectivity index (χ1n) is 6.44. The van der Waals surface area contributed by atoms with Crippen LogP contribution in [0.3, 0.4) is 0 Å². The molecule has 0 aliphatic carbocycles. The van der Waals surface area contributed by atoms with Crippen molar-refractivity contribution >= 4 is 11.8 Å². The minimum absolute atomic E-state index is 0.556. The topological polar surface area (TPSA) is 3.24 Å². The van der Waals surface area contributed by atoms with Gasteiger partial charge in [0.1, 0.15) is 0 Å². The molecular formula is C13H27NS. The first-order valence-corrected chi connectivity index (χ1v) is 7.59. The predicted octanol–water partition coefficient (Wildman–Crippen LogP) is 3.64. The van der Waals surface area contributed by atoms with Crippen LogP contribution in [0.4, 0.5) is 0 Å². The third kappa shape index (κ3) is 5.82. The second-order valence-electron chi connectivity index (χ2n) is 5.47.